The fourth-order valence-electron chi connectivity index (χ4n) is 0.519. The fraction of sp³-hybridized carbons (Fsp3) is 0.625. The van der Waals surface area contributed by atoms with Crippen LogP contribution in [0.5, 0.6) is 0 Å². The van der Waals surface area contributed by atoms with Crippen LogP contribution in [0.3, 0.4) is 0 Å². The number of hydrogen-bond acceptors (Lipinski definition) is 4. The molecule has 0 bridgehead atoms. The minimum atomic E-state index is -0.355. The minimum absolute atomic E-state index is 0.183. The molecule has 0 rings (SSSR count). The summed E-state index contributed by atoms with van der Waals surface area (Å²) in [5.41, 5.74) is 0. The van der Waals surface area contributed by atoms with Gasteiger partial charge in [0, 0.05) is 19.8 Å². The first-order valence-corrected chi connectivity index (χ1v) is 3.62. The van der Waals surface area contributed by atoms with Gasteiger partial charge < -0.3 is 9.47 Å². The lowest BCUT2D eigenvalue weighted by Gasteiger charge is -2.10. The minimum Gasteiger partial charge on any atom is -0.465 e. The van der Waals surface area contributed by atoms with Gasteiger partial charge in [-0.15, -0.1) is 0 Å². The quantitative estimate of drug-likeness (QED) is 0.583. The maximum absolute atomic E-state index is 10.3. The summed E-state index contributed by atoms with van der Waals surface area (Å²) in [5.74, 6) is -0.907. The zero-order valence-electron chi connectivity index (χ0n) is 7.33. The highest BCUT2D eigenvalue weighted by Gasteiger charge is 2.05. The number of carbonyl (C=O) groups is 2. The topological polar surface area (TPSA) is 52.6 Å². The van der Waals surface area contributed by atoms with Crippen molar-refractivity contribution < 1.29 is 19.1 Å². The van der Waals surface area contributed by atoms with E-state index in [9.17, 15) is 9.59 Å². The van der Waals surface area contributed by atoms with E-state index in [-0.39, 0.29) is 31.1 Å². The average molecular weight is 173 g/mol. The molecular weight excluding hydrogens is 160 g/mol. The number of ether oxygens (including phenoxy) is 2. The molecule has 0 fully saturated rings. The van der Waals surface area contributed by atoms with Crippen LogP contribution in [-0.2, 0) is 19.1 Å². The van der Waals surface area contributed by atoms with Gasteiger partial charge in [-0.2, -0.15) is 0 Å². The van der Waals surface area contributed by atoms with Gasteiger partial charge in [0.25, 0.3) is 0 Å². The van der Waals surface area contributed by atoms with E-state index < -0.39 is 0 Å². The Morgan fingerprint density at radius 2 is 1.50 bits per heavy atom. The van der Waals surface area contributed by atoms with Gasteiger partial charge in [0.15, 0.2) is 0 Å². The third-order valence-electron chi connectivity index (χ3n) is 1.04. The zero-order chi connectivity index (χ0) is 9.56. The van der Waals surface area contributed by atoms with E-state index in [2.05, 4.69) is 16.4 Å². The summed E-state index contributed by atoms with van der Waals surface area (Å²) in [4.78, 5) is 20.7. The lowest BCUT2D eigenvalue weighted by Crippen LogP contribution is -2.16. The Balaban J connectivity index is 3.39. The number of esters is 2. The van der Waals surface area contributed by atoms with Gasteiger partial charge >= 0.3 is 11.9 Å². The molecule has 0 heterocycles. The Labute approximate surface area is 71.8 Å². The number of rotatable bonds is 4. The summed E-state index contributed by atoms with van der Waals surface area (Å²) < 4.78 is 9.29. The monoisotopic (exact) mass is 173 g/mol. The van der Waals surface area contributed by atoms with Gasteiger partial charge in [-0.3, -0.25) is 9.59 Å². The zero-order valence-corrected chi connectivity index (χ0v) is 7.33. The smallest absolute Gasteiger partial charge is 0.302 e. The van der Waals surface area contributed by atoms with Crippen molar-refractivity contribution in [1.82, 2.24) is 0 Å². The van der Waals surface area contributed by atoms with Crippen LogP contribution in [0.25, 0.3) is 0 Å². The molecule has 69 valence electrons. The third-order valence-corrected chi connectivity index (χ3v) is 1.04. The lowest BCUT2D eigenvalue weighted by atomic mass is 10.2. The summed E-state index contributed by atoms with van der Waals surface area (Å²) in [7, 11) is 0. The molecule has 0 aromatic carbocycles. The van der Waals surface area contributed by atoms with Crippen molar-refractivity contribution in [2.75, 3.05) is 13.2 Å². The normalized spacial score (nSPS) is 9.67. The van der Waals surface area contributed by atoms with Crippen LogP contribution in [0, 0.1) is 12.8 Å². The van der Waals surface area contributed by atoms with Gasteiger partial charge in [0.1, 0.15) is 0 Å². The second-order valence-electron chi connectivity index (χ2n) is 2.47. The van der Waals surface area contributed by atoms with Crippen LogP contribution >= 0.6 is 0 Å². The summed E-state index contributed by atoms with van der Waals surface area (Å²) in [6.45, 7) is 6.63. The van der Waals surface area contributed by atoms with Gasteiger partial charge in [-0.1, -0.05) is 0 Å². The van der Waals surface area contributed by atoms with Crippen molar-refractivity contribution in [3.05, 3.63) is 6.92 Å². The van der Waals surface area contributed by atoms with Crippen LogP contribution in [0.2, 0.25) is 0 Å². The number of hydrogen-bond donors (Lipinski definition) is 0. The van der Waals surface area contributed by atoms with Crippen LogP contribution in [0.15, 0.2) is 0 Å². The SMILES string of the molecule is [CH2]C(COC(C)=O)COC(C)=O. The van der Waals surface area contributed by atoms with Crippen molar-refractivity contribution in [3.8, 4) is 0 Å². The molecule has 0 spiro atoms. The molecule has 0 N–H and O–H groups in total. The molecule has 4 heteroatoms. The molecular formula is C8H13O4. The molecule has 1 radical (unpaired) electrons. The molecule has 0 atom stereocenters. The standard InChI is InChI=1S/C8H13O4/c1-6(4-11-7(2)9)5-12-8(3)10/h6H,1,4-5H2,2-3H3. The molecule has 0 saturated carbocycles. The van der Waals surface area contributed by atoms with Crippen LogP contribution in [0.4, 0.5) is 0 Å². The molecule has 0 amide bonds. The fourth-order valence-corrected chi connectivity index (χ4v) is 0.519. The molecule has 4 nitrogen and oxygen atoms in total. The molecule has 0 unspecified atom stereocenters. The van der Waals surface area contributed by atoms with E-state index in [1.807, 2.05) is 0 Å². The Morgan fingerprint density at radius 3 is 1.75 bits per heavy atom. The predicted molar refractivity (Wildman–Crippen MR) is 42.1 cm³/mol. The van der Waals surface area contributed by atoms with Gasteiger partial charge in [-0.25, -0.2) is 0 Å². The molecule has 0 aliphatic rings. The van der Waals surface area contributed by atoms with E-state index in [0.717, 1.165) is 0 Å². The van der Waals surface area contributed by atoms with Gasteiger partial charge in [0.05, 0.1) is 13.2 Å². The van der Waals surface area contributed by atoms with Crippen molar-refractivity contribution >= 4 is 11.9 Å². The maximum atomic E-state index is 10.3. The third kappa shape index (κ3) is 7.05. The largest absolute Gasteiger partial charge is 0.465 e. The Bertz CT molecular complexity index is 146. The van der Waals surface area contributed by atoms with Crippen LogP contribution in [-0.4, -0.2) is 25.2 Å². The van der Waals surface area contributed by atoms with Crippen molar-refractivity contribution in [3.63, 3.8) is 0 Å². The van der Waals surface area contributed by atoms with Gasteiger partial charge in [0.2, 0.25) is 0 Å². The first kappa shape index (κ1) is 10.9. The van der Waals surface area contributed by atoms with Crippen LogP contribution in [0.1, 0.15) is 13.8 Å². The Kier molecular flexibility index (Phi) is 5.08. The first-order chi connectivity index (χ1) is 5.52. The van der Waals surface area contributed by atoms with Crippen LogP contribution < -0.4 is 0 Å². The van der Waals surface area contributed by atoms with E-state index in [1.165, 1.54) is 13.8 Å². The summed E-state index contributed by atoms with van der Waals surface area (Å²) in [5, 5.41) is 0. The summed E-state index contributed by atoms with van der Waals surface area (Å²) >= 11 is 0. The van der Waals surface area contributed by atoms with Gasteiger partial charge in [-0.05, 0) is 6.92 Å². The molecule has 0 aromatic rings. The summed E-state index contributed by atoms with van der Waals surface area (Å²) in [6.07, 6.45) is 0. The highest BCUT2D eigenvalue weighted by molar-refractivity contribution is 5.66. The number of carbonyl (C=O) groups excluding carboxylic acids is 2. The van der Waals surface area contributed by atoms with E-state index in [1.54, 1.807) is 0 Å². The molecule has 0 aliphatic heterocycles. The van der Waals surface area contributed by atoms with Crippen molar-refractivity contribution in [2.24, 2.45) is 5.92 Å². The first-order valence-electron chi connectivity index (χ1n) is 3.62. The highest BCUT2D eigenvalue weighted by atomic mass is 16.5. The lowest BCUT2D eigenvalue weighted by molar-refractivity contribution is -0.145. The Hall–Kier alpha value is -1.06. The van der Waals surface area contributed by atoms with E-state index in [0.29, 0.717) is 0 Å². The molecule has 0 aromatic heterocycles. The second-order valence-corrected chi connectivity index (χ2v) is 2.47. The predicted octanol–water partition coefficient (Wildman–Crippen LogP) is 0.563. The van der Waals surface area contributed by atoms with E-state index in [4.69, 9.17) is 0 Å². The summed E-state index contributed by atoms with van der Waals surface area (Å²) in [6, 6.07) is 0. The molecule has 0 saturated heterocycles. The maximum Gasteiger partial charge on any atom is 0.302 e. The van der Waals surface area contributed by atoms with Crippen molar-refractivity contribution in [1.29, 1.82) is 0 Å². The highest BCUT2D eigenvalue weighted by Crippen LogP contribution is 1.96. The molecule has 12 heavy (non-hydrogen) atoms. The molecule has 0 aliphatic carbocycles. The second kappa shape index (κ2) is 5.57. The average Bonchev–Trinajstić information content (AvgIpc) is 1.96. The van der Waals surface area contributed by atoms with E-state index >= 15 is 0 Å². The van der Waals surface area contributed by atoms with Crippen molar-refractivity contribution in [2.45, 2.75) is 13.8 Å². The Morgan fingerprint density at radius 1 is 1.17 bits per heavy atom.